The van der Waals surface area contributed by atoms with Gasteiger partial charge in [0.2, 0.25) is 5.91 Å². The number of anilines is 1. The van der Waals surface area contributed by atoms with Gasteiger partial charge in [0, 0.05) is 49.9 Å². The first-order valence-electron chi connectivity index (χ1n) is 10.5. The maximum atomic E-state index is 13.2. The number of hydrogen-bond donors (Lipinski definition) is 1. The third-order valence-corrected chi connectivity index (χ3v) is 5.52. The molecule has 3 aromatic carbocycles. The van der Waals surface area contributed by atoms with Crippen molar-refractivity contribution in [3.63, 3.8) is 0 Å². The van der Waals surface area contributed by atoms with Gasteiger partial charge in [0.15, 0.2) is 0 Å². The molecule has 1 fully saturated rings. The van der Waals surface area contributed by atoms with Gasteiger partial charge >= 0.3 is 0 Å². The van der Waals surface area contributed by atoms with Crippen LogP contribution in [0.15, 0.2) is 66.7 Å². The van der Waals surface area contributed by atoms with E-state index in [2.05, 4.69) is 5.32 Å². The highest BCUT2D eigenvalue weighted by molar-refractivity contribution is 6.07. The van der Waals surface area contributed by atoms with Crippen LogP contribution in [0.2, 0.25) is 0 Å². The van der Waals surface area contributed by atoms with Gasteiger partial charge in [-0.1, -0.05) is 42.5 Å². The summed E-state index contributed by atoms with van der Waals surface area (Å²) in [5, 5.41) is 4.69. The Kier molecular flexibility index (Phi) is 5.98. The van der Waals surface area contributed by atoms with Crippen molar-refractivity contribution in [3.05, 3.63) is 77.9 Å². The molecular weight excluding hydrogens is 390 g/mol. The molecule has 1 aliphatic rings. The van der Waals surface area contributed by atoms with Crippen LogP contribution < -0.4 is 5.32 Å². The van der Waals surface area contributed by atoms with Gasteiger partial charge in [-0.3, -0.25) is 14.4 Å². The van der Waals surface area contributed by atoms with Crippen LogP contribution in [-0.2, 0) is 4.79 Å². The summed E-state index contributed by atoms with van der Waals surface area (Å²) in [6.07, 6.45) is 0.716. The number of hydrogen-bond acceptors (Lipinski definition) is 3. The Morgan fingerprint density at radius 2 is 1.45 bits per heavy atom. The second kappa shape index (κ2) is 9.00. The third-order valence-electron chi connectivity index (χ3n) is 5.52. The van der Waals surface area contributed by atoms with Gasteiger partial charge in [-0.25, -0.2) is 0 Å². The molecule has 4 rings (SSSR count). The highest BCUT2D eigenvalue weighted by atomic mass is 16.2. The third kappa shape index (κ3) is 4.58. The molecule has 0 aromatic heterocycles. The van der Waals surface area contributed by atoms with E-state index in [4.69, 9.17) is 0 Å². The van der Waals surface area contributed by atoms with Crippen molar-refractivity contribution in [3.8, 4) is 0 Å². The van der Waals surface area contributed by atoms with E-state index in [0.29, 0.717) is 49.4 Å². The van der Waals surface area contributed by atoms with Gasteiger partial charge in [-0.15, -0.1) is 0 Å². The van der Waals surface area contributed by atoms with Crippen LogP contribution in [0, 0.1) is 0 Å². The van der Waals surface area contributed by atoms with E-state index < -0.39 is 0 Å². The molecule has 1 aliphatic heterocycles. The van der Waals surface area contributed by atoms with E-state index in [0.717, 1.165) is 10.8 Å². The molecule has 3 aromatic rings. The fourth-order valence-corrected chi connectivity index (χ4v) is 4.02. The molecule has 0 atom stereocenters. The summed E-state index contributed by atoms with van der Waals surface area (Å²) in [6, 6.07) is 20.6. The predicted octanol–water partition coefficient (Wildman–Crippen LogP) is 3.79. The molecule has 0 bridgehead atoms. The first-order chi connectivity index (χ1) is 15.0. The number of nitrogens with one attached hydrogen (secondary N) is 1. The molecule has 0 aliphatic carbocycles. The van der Waals surface area contributed by atoms with Gasteiger partial charge in [0.05, 0.1) is 0 Å². The maximum Gasteiger partial charge on any atom is 0.254 e. The highest BCUT2D eigenvalue weighted by Gasteiger charge is 2.24. The molecule has 1 N–H and O–H groups in total. The molecule has 0 spiro atoms. The topological polar surface area (TPSA) is 69.7 Å². The van der Waals surface area contributed by atoms with Crippen LogP contribution in [0.25, 0.3) is 10.8 Å². The second-order valence-electron chi connectivity index (χ2n) is 7.73. The predicted molar refractivity (Wildman–Crippen MR) is 121 cm³/mol. The summed E-state index contributed by atoms with van der Waals surface area (Å²) >= 11 is 0. The monoisotopic (exact) mass is 415 g/mol. The van der Waals surface area contributed by atoms with Crippen LogP contribution in [0.4, 0.5) is 5.69 Å². The Balaban J connectivity index is 1.48. The lowest BCUT2D eigenvalue weighted by molar-refractivity contribution is -0.114. The van der Waals surface area contributed by atoms with Crippen LogP contribution in [-0.4, -0.2) is 53.7 Å². The van der Waals surface area contributed by atoms with Gasteiger partial charge in [0.1, 0.15) is 0 Å². The lowest BCUT2D eigenvalue weighted by atomic mass is 10.0. The van der Waals surface area contributed by atoms with E-state index in [9.17, 15) is 14.4 Å². The van der Waals surface area contributed by atoms with Crippen LogP contribution in [0.3, 0.4) is 0 Å². The summed E-state index contributed by atoms with van der Waals surface area (Å²) in [5.41, 5.74) is 1.82. The maximum absolute atomic E-state index is 13.2. The molecule has 158 valence electrons. The second-order valence-corrected chi connectivity index (χ2v) is 7.73. The fraction of sp³-hybridized carbons (Fsp3) is 0.240. The standard InChI is InChI=1S/C25H25N3O3/c1-18(29)26-21-10-4-9-20(17-21)24(30)27-13-6-14-28(16-15-27)25(31)23-12-5-8-19-7-2-3-11-22(19)23/h2-5,7-12,17H,6,13-16H2,1H3,(H,26,29). The van der Waals surface area contributed by atoms with E-state index in [1.54, 1.807) is 29.2 Å². The Bertz CT molecular complexity index is 1140. The number of carbonyl (C=O) groups excluding carboxylic acids is 3. The fourth-order valence-electron chi connectivity index (χ4n) is 4.02. The lowest BCUT2D eigenvalue weighted by Crippen LogP contribution is -2.37. The van der Waals surface area contributed by atoms with Gasteiger partial charge < -0.3 is 15.1 Å². The van der Waals surface area contributed by atoms with Crippen LogP contribution in [0.5, 0.6) is 0 Å². The molecule has 1 saturated heterocycles. The zero-order valence-electron chi connectivity index (χ0n) is 17.5. The Morgan fingerprint density at radius 1 is 0.774 bits per heavy atom. The van der Waals surface area contributed by atoms with Crippen LogP contribution in [0.1, 0.15) is 34.1 Å². The Hall–Kier alpha value is -3.67. The lowest BCUT2D eigenvalue weighted by Gasteiger charge is -2.23. The minimum atomic E-state index is -0.179. The number of nitrogens with zero attached hydrogens (tertiary/aromatic N) is 2. The average Bonchev–Trinajstić information content (AvgIpc) is 3.04. The molecule has 0 unspecified atom stereocenters. The quantitative estimate of drug-likeness (QED) is 0.708. The van der Waals surface area contributed by atoms with Crippen molar-refractivity contribution < 1.29 is 14.4 Å². The van der Waals surface area contributed by atoms with E-state index in [-0.39, 0.29) is 17.7 Å². The SMILES string of the molecule is CC(=O)Nc1cccc(C(=O)N2CCCN(C(=O)c3cccc4ccccc34)CC2)c1. The van der Waals surface area contributed by atoms with Gasteiger partial charge in [0.25, 0.3) is 11.8 Å². The number of carbonyl (C=O) groups is 3. The molecule has 0 saturated carbocycles. The van der Waals surface area contributed by atoms with E-state index in [1.165, 1.54) is 6.92 Å². The minimum absolute atomic E-state index is 0.00115. The Morgan fingerprint density at radius 3 is 2.23 bits per heavy atom. The molecule has 0 radical (unpaired) electrons. The number of amides is 3. The molecule has 1 heterocycles. The van der Waals surface area contributed by atoms with Crippen molar-refractivity contribution in [2.24, 2.45) is 0 Å². The first-order valence-corrected chi connectivity index (χ1v) is 10.5. The molecule has 3 amide bonds. The van der Waals surface area contributed by atoms with Crippen molar-refractivity contribution in [2.75, 3.05) is 31.5 Å². The van der Waals surface area contributed by atoms with E-state index >= 15 is 0 Å². The summed E-state index contributed by atoms with van der Waals surface area (Å²) in [4.78, 5) is 41.2. The normalized spacial score (nSPS) is 14.2. The van der Waals surface area contributed by atoms with Crippen LogP contribution >= 0.6 is 0 Å². The van der Waals surface area contributed by atoms with Gasteiger partial charge in [-0.2, -0.15) is 0 Å². The molecule has 31 heavy (non-hydrogen) atoms. The minimum Gasteiger partial charge on any atom is -0.337 e. The molecular formula is C25H25N3O3. The van der Waals surface area contributed by atoms with E-state index in [1.807, 2.05) is 47.4 Å². The summed E-state index contributed by atoms with van der Waals surface area (Å²) in [6.45, 7) is 3.59. The summed E-state index contributed by atoms with van der Waals surface area (Å²) in [7, 11) is 0. The van der Waals surface area contributed by atoms with Crippen molar-refractivity contribution >= 4 is 34.2 Å². The largest absolute Gasteiger partial charge is 0.337 e. The average molecular weight is 415 g/mol. The smallest absolute Gasteiger partial charge is 0.254 e. The Labute approximate surface area is 181 Å². The highest BCUT2D eigenvalue weighted by Crippen LogP contribution is 2.21. The molecule has 6 nitrogen and oxygen atoms in total. The van der Waals surface area contributed by atoms with Gasteiger partial charge in [-0.05, 0) is 41.5 Å². The zero-order chi connectivity index (χ0) is 21.8. The first kappa shape index (κ1) is 20.6. The number of rotatable bonds is 3. The summed E-state index contributed by atoms with van der Waals surface area (Å²) in [5.74, 6) is -0.271. The van der Waals surface area contributed by atoms with Crippen molar-refractivity contribution in [1.82, 2.24) is 9.80 Å². The zero-order valence-corrected chi connectivity index (χ0v) is 17.5. The molecule has 6 heteroatoms. The number of fused-ring (bicyclic) bond motifs is 1. The number of benzene rings is 3. The summed E-state index contributed by atoms with van der Waals surface area (Å²) < 4.78 is 0. The van der Waals surface area contributed by atoms with Crippen molar-refractivity contribution in [2.45, 2.75) is 13.3 Å². The van der Waals surface area contributed by atoms with Crippen molar-refractivity contribution in [1.29, 1.82) is 0 Å².